The van der Waals surface area contributed by atoms with Crippen LogP contribution in [0.25, 0.3) is 28.0 Å². The van der Waals surface area contributed by atoms with Crippen LogP contribution in [0.1, 0.15) is 23.6 Å². The fraction of sp³-hybridized carbons (Fsp3) is 0.185. The third-order valence-corrected chi connectivity index (χ3v) is 6.83. The van der Waals surface area contributed by atoms with Gasteiger partial charge in [-0.1, -0.05) is 23.9 Å². The molecule has 0 fully saturated rings. The van der Waals surface area contributed by atoms with Crippen LogP contribution >= 0.6 is 11.8 Å². The van der Waals surface area contributed by atoms with Gasteiger partial charge in [-0.05, 0) is 73.9 Å². The molecule has 0 spiro atoms. The molecule has 0 atom stereocenters. The highest BCUT2D eigenvalue weighted by Gasteiger charge is 2.18. The molecule has 3 heterocycles. The zero-order valence-corrected chi connectivity index (χ0v) is 20.5. The van der Waals surface area contributed by atoms with Crippen LogP contribution in [0.2, 0.25) is 0 Å². The monoisotopic (exact) mass is 484 g/mol. The SMILES string of the molecule is CCOc1ccc(-n2c(SCc3cc(=O)oc4c(C)c(C)ccc34)nnc2-c2ccncc2)cc1. The lowest BCUT2D eigenvalue weighted by atomic mass is 10.0. The largest absolute Gasteiger partial charge is 0.494 e. The first-order valence-electron chi connectivity index (χ1n) is 11.3. The van der Waals surface area contributed by atoms with Gasteiger partial charge in [-0.2, -0.15) is 0 Å². The van der Waals surface area contributed by atoms with Crippen molar-refractivity contribution in [3.8, 4) is 22.8 Å². The number of rotatable bonds is 7. The summed E-state index contributed by atoms with van der Waals surface area (Å²) in [6.07, 6.45) is 3.47. The second-order valence-electron chi connectivity index (χ2n) is 8.07. The number of hydrogen-bond donors (Lipinski definition) is 0. The number of aryl methyl sites for hydroxylation is 2. The van der Waals surface area contributed by atoms with Crippen molar-refractivity contribution in [1.82, 2.24) is 19.7 Å². The molecule has 0 aliphatic heterocycles. The molecule has 35 heavy (non-hydrogen) atoms. The van der Waals surface area contributed by atoms with Gasteiger partial charge >= 0.3 is 5.63 Å². The van der Waals surface area contributed by atoms with Gasteiger partial charge in [0.15, 0.2) is 11.0 Å². The predicted molar refractivity (Wildman–Crippen MR) is 137 cm³/mol. The van der Waals surface area contributed by atoms with Crippen LogP contribution in [0.3, 0.4) is 0 Å². The molecule has 0 unspecified atom stereocenters. The van der Waals surface area contributed by atoms with Crippen molar-refractivity contribution in [2.45, 2.75) is 31.7 Å². The standard InChI is InChI=1S/C27H24N4O3S/c1-4-33-22-8-6-21(7-9-22)31-26(19-11-13-28-14-12-19)29-30-27(31)35-16-20-15-24(32)34-25-18(3)17(2)5-10-23(20)25/h5-15H,4,16H2,1-3H3. The van der Waals surface area contributed by atoms with Gasteiger partial charge in [0, 0.05) is 40.8 Å². The fourth-order valence-corrected chi connectivity index (χ4v) is 4.87. The van der Waals surface area contributed by atoms with Crippen LogP contribution in [-0.4, -0.2) is 26.4 Å². The van der Waals surface area contributed by atoms with E-state index < -0.39 is 0 Å². The molecule has 3 aromatic heterocycles. The summed E-state index contributed by atoms with van der Waals surface area (Å²) in [7, 11) is 0. The van der Waals surface area contributed by atoms with Crippen molar-refractivity contribution in [2.75, 3.05) is 6.61 Å². The quantitative estimate of drug-likeness (QED) is 0.215. The van der Waals surface area contributed by atoms with Crippen molar-refractivity contribution in [3.63, 3.8) is 0 Å². The van der Waals surface area contributed by atoms with Gasteiger partial charge in [0.1, 0.15) is 11.3 Å². The number of thioether (sulfide) groups is 1. The molecule has 0 N–H and O–H groups in total. The van der Waals surface area contributed by atoms with Crippen molar-refractivity contribution in [3.05, 3.63) is 94.1 Å². The minimum Gasteiger partial charge on any atom is -0.494 e. The maximum absolute atomic E-state index is 12.3. The minimum atomic E-state index is -0.354. The van der Waals surface area contributed by atoms with Crippen LogP contribution in [0, 0.1) is 13.8 Å². The van der Waals surface area contributed by atoms with Gasteiger partial charge in [0.2, 0.25) is 0 Å². The molecular weight excluding hydrogens is 460 g/mol. The van der Waals surface area contributed by atoms with Gasteiger partial charge in [-0.3, -0.25) is 9.55 Å². The Morgan fingerprint density at radius 2 is 1.77 bits per heavy atom. The van der Waals surface area contributed by atoms with E-state index >= 15 is 0 Å². The molecule has 8 heteroatoms. The normalized spacial score (nSPS) is 11.2. The molecule has 0 amide bonds. The second kappa shape index (κ2) is 9.76. The first kappa shape index (κ1) is 22.9. The highest BCUT2D eigenvalue weighted by Crippen LogP contribution is 2.32. The summed E-state index contributed by atoms with van der Waals surface area (Å²) >= 11 is 1.52. The van der Waals surface area contributed by atoms with Crippen molar-refractivity contribution in [1.29, 1.82) is 0 Å². The minimum absolute atomic E-state index is 0.354. The third-order valence-electron chi connectivity index (χ3n) is 5.85. The second-order valence-corrected chi connectivity index (χ2v) is 9.01. The molecule has 176 valence electrons. The molecule has 0 saturated carbocycles. The Balaban J connectivity index is 1.55. The van der Waals surface area contributed by atoms with E-state index in [4.69, 9.17) is 9.15 Å². The Morgan fingerprint density at radius 3 is 2.51 bits per heavy atom. The van der Waals surface area contributed by atoms with E-state index in [0.29, 0.717) is 28.9 Å². The van der Waals surface area contributed by atoms with Crippen molar-refractivity contribution in [2.24, 2.45) is 0 Å². The molecule has 0 aliphatic rings. The molecule has 5 aromatic rings. The highest BCUT2D eigenvalue weighted by molar-refractivity contribution is 7.98. The smallest absolute Gasteiger partial charge is 0.336 e. The van der Waals surface area contributed by atoms with Gasteiger partial charge in [0.25, 0.3) is 0 Å². The van der Waals surface area contributed by atoms with Gasteiger partial charge in [-0.15, -0.1) is 10.2 Å². The molecule has 0 saturated heterocycles. The molecule has 0 bridgehead atoms. The lowest BCUT2D eigenvalue weighted by molar-refractivity contribution is 0.340. The summed E-state index contributed by atoms with van der Waals surface area (Å²) in [6, 6.07) is 17.3. The van der Waals surface area contributed by atoms with E-state index in [1.807, 2.05) is 67.8 Å². The average molecular weight is 485 g/mol. The first-order chi connectivity index (χ1) is 17.0. The molecular formula is C27H24N4O3S. The van der Waals surface area contributed by atoms with E-state index in [0.717, 1.165) is 39.1 Å². The third kappa shape index (κ3) is 4.57. The molecule has 5 rings (SSSR count). The lowest BCUT2D eigenvalue weighted by Crippen LogP contribution is -2.03. The van der Waals surface area contributed by atoms with Crippen LogP contribution in [0.4, 0.5) is 0 Å². The molecule has 7 nitrogen and oxygen atoms in total. The first-order valence-corrected chi connectivity index (χ1v) is 12.3. The summed E-state index contributed by atoms with van der Waals surface area (Å²) in [5.74, 6) is 2.05. The summed E-state index contributed by atoms with van der Waals surface area (Å²) < 4.78 is 13.2. The van der Waals surface area contributed by atoms with E-state index in [-0.39, 0.29) is 5.63 Å². The maximum atomic E-state index is 12.3. The number of fused-ring (bicyclic) bond motifs is 1. The fourth-order valence-electron chi connectivity index (χ4n) is 3.93. The Morgan fingerprint density at radius 1 is 1.00 bits per heavy atom. The number of nitrogens with zero attached hydrogens (tertiary/aromatic N) is 4. The van der Waals surface area contributed by atoms with E-state index in [1.54, 1.807) is 18.5 Å². The Labute approximate surface area is 206 Å². The van der Waals surface area contributed by atoms with Crippen LogP contribution in [0.15, 0.2) is 81.4 Å². The number of pyridine rings is 1. The molecule has 0 aliphatic carbocycles. The van der Waals surface area contributed by atoms with Gasteiger partial charge in [0.05, 0.1) is 6.61 Å². The van der Waals surface area contributed by atoms with Crippen LogP contribution < -0.4 is 10.4 Å². The van der Waals surface area contributed by atoms with E-state index in [2.05, 4.69) is 21.2 Å². The number of hydrogen-bond acceptors (Lipinski definition) is 7. The summed E-state index contributed by atoms with van der Waals surface area (Å²) in [5.41, 5.74) is 5.07. The Bertz CT molecular complexity index is 1540. The average Bonchev–Trinajstić information content (AvgIpc) is 3.30. The zero-order valence-electron chi connectivity index (χ0n) is 19.7. The van der Waals surface area contributed by atoms with Crippen molar-refractivity contribution >= 4 is 22.7 Å². The van der Waals surface area contributed by atoms with E-state index in [1.165, 1.54) is 11.8 Å². The van der Waals surface area contributed by atoms with Crippen LogP contribution in [0.5, 0.6) is 5.75 Å². The van der Waals surface area contributed by atoms with Crippen LogP contribution in [-0.2, 0) is 5.75 Å². The van der Waals surface area contributed by atoms with Gasteiger partial charge in [-0.25, -0.2) is 4.79 Å². The van der Waals surface area contributed by atoms with Gasteiger partial charge < -0.3 is 9.15 Å². The Hall–Kier alpha value is -3.91. The predicted octanol–water partition coefficient (Wildman–Crippen LogP) is 5.74. The Kier molecular flexibility index (Phi) is 6.37. The maximum Gasteiger partial charge on any atom is 0.336 e. The zero-order chi connectivity index (χ0) is 24.4. The summed E-state index contributed by atoms with van der Waals surface area (Å²) in [4.78, 5) is 16.4. The number of aromatic nitrogens is 4. The molecule has 2 aromatic carbocycles. The lowest BCUT2D eigenvalue weighted by Gasteiger charge is -2.12. The van der Waals surface area contributed by atoms with E-state index in [9.17, 15) is 4.79 Å². The summed E-state index contributed by atoms with van der Waals surface area (Å²) in [6.45, 7) is 6.55. The molecule has 0 radical (unpaired) electrons. The number of ether oxygens (including phenoxy) is 1. The van der Waals surface area contributed by atoms with Crippen molar-refractivity contribution < 1.29 is 9.15 Å². The summed E-state index contributed by atoms with van der Waals surface area (Å²) in [5, 5.41) is 10.6. The number of benzene rings is 2. The highest BCUT2D eigenvalue weighted by atomic mass is 32.2. The topological polar surface area (TPSA) is 83.0 Å².